The lowest BCUT2D eigenvalue weighted by Crippen LogP contribution is -2.18. The minimum atomic E-state index is 0.0338. The van der Waals surface area contributed by atoms with Crippen molar-refractivity contribution in [2.45, 2.75) is 32.9 Å². The van der Waals surface area contributed by atoms with E-state index in [9.17, 15) is 0 Å². The van der Waals surface area contributed by atoms with Crippen LogP contribution in [0.1, 0.15) is 24.2 Å². The van der Waals surface area contributed by atoms with Crippen LogP contribution >= 0.6 is 11.6 Å². The Morgan fingerprint density at radius 2 is 2.26 bits per heavy atom. The molecule has 0 aliphatic carbocycles. The fraction of sp³-hybridized carbons (Fsp3) is 0.385. The second-order valence-electron chi connectivity index (χ2n) is 4.43. The molecular formula is C13H16ClN3O2. The molecule has 6 heteroatoms. The van der Waals surface area contributed by atoms with E-state index in [-0.39, 0.29) is 12.6 Å². The van der Waals surface area contributed by atoms with E-state index in [0.717, 1.165) is 5.56 Å². The van der Waals surface area contributed by atoms with Crippen LogP contribution in [0, 0.1) is 6.92 Å². The smallest absolute Gasteiger partial charge is 0.264 e. The van der Waals surface area contributed by atoms with E-state index in [1.54, 1.807) is 13.0 Å². The summed E-state index contributed by atoms with van der Waals surface area (Å²) in [7, 11) is 0. The Kier molecular flexibility index (Phi) is 4.39. The molecular weight excluding hydrogens is 266 g/mol. The predicted octanol–water partition coefficient (Wildman–Crippen LogP) is 2.50. The van der Waals surface area contributed by atoms with Crippen LogP contribution in [0.5, 0.6) is 5.75 Å². The third kappa shape index (κ3) is 3.68. The van der Waals surface area contributed by atoms with Gasteiger partial charge in [0.1, 0.15) is 5.75 Å². The molecule has 19 heavy (non-hydrogen) atoms. The molecule has 102 valence electrons. The van der Waals surface area contributed by atoms with Crippen molar-refractivity contribution in [2.75, 3.05) is 0 Å². The first-order valence-corrected chi connectivity index (χ1v) is 6.39. The van der Waals surface area contributed by atoms with Gasteiger partial charge in [-0.2, -0.15) is 4.98 Å². The second-order valence-corrected chi connectivity index (χ2v) is 4.84. The molecule has 0 bridgehead atoms. The molecule has 0 radical (unpaired) electrons. The van der Waals surface area contributed by atoms with E-state index in [4.69, 9.17) is 26.6 Å². The van der Waals surface area contributed by atoms with Crippen molar-refractivity contribution in [2.24, 2.45) is 5.73 Å². The normalized spacial score (nSPS) is 12.4. The molecule has 2 aromatic rings. The van der Waals surface area contributed by atoms with Crippen molar-refractivity contribution in [1.82, 2.24) is 10.1 Å². The van der Waals surface area contributed by atoms with Gasteiger partial charge in [-0.1, -0.05) is 28.9 Å². The molecule has 1 aromatic heterocycles. The van der Waals surface area contributed by atoms with Gasteiger partial charge in [0.15, 0.2) is 12.4 Å². The molecule has 0 saturated heterocycles. The number of benzene rings is 1. The molecule has 1 aromatic carbocycles. The van der Waals surface area contributed by atoms with Gasteiger partial charge >= 0.3 is 0 Å². The predicted molar refractivity (Wildman–Crippen MR) is 72.2 cm³/mol. The first-order chi connectivity index (χ1) is 9.06. The molecule has 0 aliphatic rings. The Balaban J connectivity index is 2.14. The number of hydrogen-bond acceptors (Lipinski definition) is 5. The molecule has 2 N–H and O–H groups in total. The van der Waals surface area contributed by atoms with Gasteiger partial charge in [-0.3, -0.25) is 0 Å². The highest BCUT2D eigenvalue weighted by Crippen LogP contribution is 2.30. The molecule has 1 unspecified atom stereocenters. The summed E-state index contributed by atoms with van der Waals surface area (Å²) in [6.45, 7) is 3.88. The van der Waals surface area contributed by atoms with Gasteiger partial charge in [0, 0.05) is 6.04 Å². The molecule has 5 nitrogen and oxygen atoms in total. The van der Waals surface area contributed by atoms with E-state index in [1.807, 2.05) is 19.1 Å². The molecule has 0 aliphatic heterocycles. The van der Waals surface area contributed by atoms with E-state index in [1.165, 1.54) is 0 Å². The van der Waals surface area contributed by atoms with Crippen molar-refractivity contribution >= 4 is 11.6 Å². The lowest BCUT2D eigenvalue weighted by atomic mass is 10.1. The zero-order valence-corrected chi connectivity index (χ0v) is 11.6. The molecule has 0 saturated carbocycles. The van der Waals surface area contributed by atoms with Gasteiger partial charge < -0.3 is 15.0 Å². The van der Waals surface area contributed by atoms with Crippen LogP contribution in [0.25, 0.3) is 0 Å². The quantitative estimate of drug-likeness (QED) is 0.911. The van der Waals surface area contributed by atoms with E-state index >= 15 is 0 Å². The second kappa shape index (κ2) is 6.04. The first kappa shape index (κ1) is 13.8. The number of hydrogen-bond donors (Lipinski definition) is 1. The largest absolute Gasteiger partial charge is 0.482 e. The monoisotopic (exact) mass is 281 g/mol. The Hall–Kier alpha value is -1.59. The maximum Gasteiger partial charge on any atom is 0.264 e. The van der Waals surface area contributed by atoms with Gasteiger partial charge in [-0.05, 0) is 31.9 Å². The number of nitrogens with two attached hydrogens (primary N) is 1. The molecule has 1 heterocycles. The summed E-state index contributed by atoms with van der Waals surface area (Å²) in [6, 6.07) is 5.64. The summed E-state index contributed by atoms with van der Waals surface area (Å²) in [5, 5.41) is 4.25. The fourth-order valence-corrected chi connectivity index (χ4v) is 2.00. The van der Waals surface area contributed by atoms with Gasteiger partial charge in [0.25, 0.3) is 5.89 Å². The van der Waals surface area contributed by atoms with Gasteiger partial charge in [0.05, 0.1) is 5.02 Å². The molecule has 0 spiro atoms. The van der Waals surface area contributed by atoms with Crippen LogP contribution in [0.4, 0.5) is 0 Å². The molecule has 0 amide bonds. The van der Waals surface area contributed by atoms with Crippen LogP contribution in [0.3, 0.4) is 0 Å². The maximum absolute atomic E-state index is 6.15. The topological polar surface area (TPSA) is 74.2 Å². The highest BCUT2D eigenvalue weighted by Gasteiger charge is 2.12. The highest BCUT2D eigenvalue weighted by molar-refractivity contribution is 6.32. The van der Waals surface area contributed by atoms with E-state index in [0.29, 0.717) is 28.9 Å². The molecule has 2 rings (SSSR count). The summed E-state index contributed by atoms with van der Waals surface area (Å²) in [5.41, 5.74) is 6.79. The Labute approximate surface area is 116 Å². The average Bonchev–Trinajstić information content (AvgIpc) is 2.73. The minimum absolute atomic E-state index is 0.0338. The summed E-state index contributed by atoms with van der Waals surface area (Å²) < 4.78 is 10.7. The number of halogens is 1. The lowest BCUT2D eigenvalue weighted by molar-refractivity contribution is 0.240. The highest BCUT2D eigenvalue weighted by atomic mass is 35.5. The van der Waals surface area contributed by atoms with Crippen molar-refractivity contribution in [3.63, 3.8) is 0 Å². The van der Waals surface area contributed by atoms with Crippen molar-refractivity contribution in [3.05, 3.63) is 40.5 Å². The fourth-order valence-electron chi connectivity index (χ4n) is 1.76. The third-order valence-electron chi connectivity index (χ3n) is 2.50. The molecule has 0 fully saturated rings. The molecule has 1 atom stereocenters. The van der Waals surface area contributed by atoms with Crippen LogP contribution in [0.2, 0.25) is 5.02 Å². The average molecular weight is 282 g/mol. The van der Waals surface area contributed by atoms with Crippen molar-refractivity contribution < 1.29 is 9.26 Å². The Morgan fingerprint density at radius 3 is 2.89 bits per heavy atom. The number of para-hydroxylation sites is 1. The first-order valence-electron chi connectivity index (χ1n) is 6.01. The number of aryl methyl sites for hydroxylation is 1. The summed E-state index contributed by atoms with van der Waals surface area (Å²) in [5.74, 6) is 1.62. The van der Waals surface area contributed by atoms with Gasteiger partial charge in [-0.15, -0.1) is 0 Å². The Bertz CT molecular complexity index is 555. The van der Waals surface area contributed by atoms with Crippen LogP contribution in [0.15, 0.2) is 22.7 Å². The van der Waals surface area contributed by atoms with Gasteiger partial charge in [0.2, 0.25) is 0 Å². The zero-order valence-electron chi connectivity index (χ0n) is 10.9. The van der Waals surface area contributed by atoms with Crippen molar-refractivity contribution in [1.29, 1.82) is 0 Å². The number of nitrogens with zero attached hydrogens (tertiary/aromatic N) is 2. The van der Waals surface area contributed by atoms with Crippen LogP contribution in [-0.2, 0) is 13.0 Å². The Morgan fingerprint density at radius 1 is 1.47 bits per heavy atom. The summed E-state index contributed by atoms with van der Waals surface area (Å²) >= 11 is 6.15. The van der Waals surface area contributed by atoms with Crippen molar-refractivity contribution in [3.8, 4) is 5.75 Å². The standard InChI is InChI=1S/C13H16ClN3O2/c1-8(15)6-10-4-3-5-11(14)13(10)18-7-12-16-9(2)17-19-12/h3-5,8H,6-7,15H2,1-2H3. The van der Waals surface area contributed by atoms with E-state index in [2.05, 4.69) is 10.1 Å². The van der Waals surface area contributed by atoms with Gasteiger partial charge in [-0.25, -0.2) is 0 Å². The number of aromatic nitrogens is 2. The minimum Gasteiger partial charge on any atom is -0.482 e. The van der Waals surface area contributed by atoms with Crippen LogP contribution < -0.4 is 10.5 Å². The number of ether oxygens (including phenoxy) is 1. The number of rotatable bonds is 5. The maximum atomic E-state index is 6.15. The summed E-state index contributed by atoms with van der Waals surface area (Å²) in [4.78, 5) is 4.08. The SMILES string of the molecule is Cc1noc(COc2c(Cl)cccc2CC(C)N)n1. The zero-order chi connectivity index (χ0) is 13.8. The third-order valence-corrected chi connectivity index (χ3v) is 2.80. The van der Waals surface area contributed by atoms with Crippen LogP contribution in [-0.4, -0.2) is 16.2 Å². The van der Waals surface area contributed by atoms with E-state index < -0.39 is 0 Å². The summed E-state index contributed by atoms with van der Waals surface area (Å²) in [6.07, 6.45) is 0.693. The lowest BCUT2D eigenvalue weighted by Gasteiger charge is -2.13.